The first-order valence-corrected chi connectivity index (χ1v) is 8.94. The van der Waals surface area contributed by atoms with E-state index in [9.17, 15) is 0 Å². The van der Waals surface area contributed by atoms with Crippen molar-refractivity contribution in [2.75, 3.05) is 33.2 Å². The van der Waals surface area contributed by atoms with Crippen LogP contribution in [-0.2, 0) is 6.54 Å². The molecule has 1 fully saturated rings. The Morgan fingerprint density at radius 2 is 2.19 bits per heavy atom. The monoisotopic (exact) mass is 308 g/mol. The zero-order valence-electron chi connectivity index (χ0n) is 13.3. The number of thiophene rings is 1. The van der Waals surface area contributed by atoms with E-state index in [0.717, 1.165) is 25.0 Å². The number of nitrogens with zero attached hydrogens (tertiary/aromatic N) is 2. The molecular weight excluding hydrogens is 280 g/mol. The number of hydrogen-bond acceptors (Lipinski definition) is 3. The average Bonchev–Trinajstić information content (AvgIpc) is 3.03. The Hall–Kier alpha value is -1.07. The van der Waals surface area contributed by atoms with Gasteiger partial charge in [0.05, 0.1) is 0 Å². The number of piperidine rings is 1. The zero-order chi connectivity index (χ0) is 14.9. The van der Waals surface area contributed by atoms with E-state index in [1.807, 2.05) is 7.05 Å². The van der Waals surface area contributed by atoms with Gasteiger partial charge in [0.25, 0.3) is 0 Å². The Morgan fingerprint density at radius 1 is 1.38 bits per heavy atom. The molecule has 0 bridgehead atoms. The molecule has 2 rings (SSSR count). The van der Waals surface area contributed by atoms with E-state index >= 15 is 0 Å². The second-order valence-corrected chi connectivity index (χ2v) is 6.50. The third kappa shape index (κ3) is 5.67. The maximum atomic E-state index is 4.30. The molecular formula is C16H28N4S. The fraction of sp³-hybridized carbons (Fsp3) is 0.688. The highest BCUT2D eigenvalue weighted by Gasteiger charge is 2.18. The second-order valence-electron chi connectivity index (χ2n) is 5.72. The third-order valence-electron chi connectivity index (χ3n) is 4.07. The summed E-state index contributed by atoms with van der Waals surface area (Å²) in [5.74, 6) is 1.69. The van der Waals surface area contributed by atoms with Crippen LogP contribution in [0.3, 0.4) is 0 Å². The van der Waals surface area contributed by atoms with Crippen LogP contribution >= 0.6 is 11.3 Å². The summed E-state index contributed by atoms with van der Waals surface area (Å²) in [4.78, 5) is 6.89. The minimum atomic E-state index is 0.776. The van der Waals surface area contributed by atoms with Gasteiger partial charge in [0, 0.05) is 20.1 Å². The lowest BCUT2D eigenvalue weighted by molar-refractivity contribution is 0.185. The van der Waals surface area contributed by atoms with Gasteiger partial charge in [-0.05, 0) is 67.2 Å². The van der Waals surface area contributed by atoms with E-state index in [1.54, 1.807) is 11.3 Å². The molecule has 4 nitrogen and oxygen atoms in total. The molecule has 0 aromatic carbocycles. The highest BCUT2D eigenvalue weighted by atomic mass is 32.1. The molecule has 1 aromatic heterocycles. The molecule has 0 atom stereocenters. The minimum absolute atomic E-state index is 0.776. The van der Waals surface area contributed by atoms with Gasteiger partial charge >= 0.3 is 0 Å². The normalized spacial score (nSPS) is 17.9. The highest BCUT2D eigenvalue weighted by molar-refractivity contribution is 7.07. The molecule has 0 saturated carbocycles. The topological polar surface area (TPSA) is 39.7 Å². The SMILES string of the molecule is CCCN1CCC(CNC(=NC)NCc2ccsc2)CC1. The summed E-state index contributed by atoms with van der Waals surface area (Å²) >= 11 is 1.73. The van der Waals surface area contributed by atoms with Crippen molar-refractivity contribution in [3.05, 3.63) is 22.4 Å². The molecule has 2 heterocycles. The molecule has 118 valence electrons. The largest absolute Gasteiger partial charge is 0.356 e. The van der Waals surface area contributed by atoms with Gasteiger partial charge in [-0.1, -0.05) is 6.92 Å². The molecule has 1 aromatic rings. The van der Waals surface area contributed by atoms with Crippen LogP contribution in [0.4, 0.5) is 0 Å². The van der Waals surface area contributed by atoms with E-state index in [1.165, 1.54) is 44.5 Å². The second kappa shape index (κ2) is 9.05. The van der Waals surface area contributed by atoms with Crippen LogP contribution in [0.5, 0.6) is 0 Å². The first-order valence-electron chi connectivity index (χ1n) is 7.99. The molecule has 1 aliphatic rings. The van der Waals surface area contributed by atoms with Crippen molar-refractivity contribution in [2.45, 2.75) is 32.7 Å². The summed E-state index contributed by atoms with van der Waals surface area (Å²) in [5.41, 5.74) is 1.32. The van der Waals surface area contributed by atoms with E-state index in [-0.39, 0.29) is 0 Å². The Kier molecular flexibility index (Phi) is 7.03. The lowest BCUT2D eigenvalue weighted by Gasteiger charge is -2.32. The fourth-order valence-electron chi connectivity index (χ4n) is 2.77. The van der Waals surface area contributed by atoms with Gasteiger partial charge < -0.3 is 15.5 Å². The van der Waals surface area contributed by atoms with Crippen LogP contribution in [0.15, 0.2) is 21.8 Å². The summed E-state index contributed by atoms with van der Waals surface area (Å²) < 4.78 is 0. The molecule has 5 heteroatoms. The predicted molar refractivity (Wildman–Crippen MR) is 92.0 cm³/mol. The van der Waals surface area contributed by atoms with E-state index in [4.69, 9.17) is 0 Å². The molecule has 1 saturated heterocycles. The predicted octanol–water partition coefficient (Wildman–Crippen LogP) is 2.54. The number of hydrogen-bond donors (Lipinski definition) is 2. The molecule has 2 N–H and O–H groups in total. The van der Waals surface area contributed by atoms with Crippen LogP contribution in [-0.4, -0.2) is 44.1 Å². The molecule has 0 unspecified atom stereocenters. The highest BCUT2D eigenvalue weighted by Crippen LogP contribution is 2.16. The third-order valence-corrected chi connectivity index (χ3v) is 4.80. The van der Waals surface area contributed by atoms with E-state index in [0.29, 0.717) is 0 Å². The smallest absolute Gasteiger partial charge is 0.191 e. The van der Waals surface area contributed by atoms with Gasteiger partial charge in [-0.25, -0.2) is 0 Å². The lowest BCUT2D eigenvalue weighted by atomic mass is 9.97. The van der Waals surface area contributed by atoms with Crippen molar-refractivity contribution in [1.29, 1.82) is 0 Å². The summed E-state index contributed by atoms with van der Waals surface area (Å²) in [6.45, 7) is 7.89. The number of likely N-dealkylation sites (tertiary alicyclic amines) is 1. The van der Waals surface area contributed by atoms with Gasteiger partial charge in [0.1, 0.15) is 0 Å². The van der Waals surface area contributed by atoms with Gasteiger partial charge in [0.2, 0.25) is 0 Å². The lowest BCUT2D eigenvalue weighted by Crippen LogP contribution is -2.42. The van der Waals surface area contributed by atoms with E-state index < -0.39 is 0 Å². The van der Waals surface area contributed by atoms with Crippen molar-refractivity contribution in [3.8, 4) is 0 Å². The van der Waals surface area contributed by atoms with Crippen molar-refractivity contribution >= 4 is 17.3 Å². The van der Waals surface area contributed by atoms with Crippen molar-refractivity contribution in [1.82, 2.24) is 15.5 Å². The van der Waals surface area contributed by atoms with Crippen LogP contribution in [0.2, 0.25) is 0 Å². The minimum Gasteiger partial charge on any atom is -0.356 e. The molecule has 21 heavy (non-hydrogen) atoms. The Balaban J connectivity index is 1.64. The van der Waals surface area contributed by atoms with Crippen LogP contribution in [0.25, 0.3) is 0 Å². The average molecular weight is 308 g/mol. The number of guanidine groups is 1. The standard InChI is InChI=1S/C16H28N4S/c1-3-7-20-8-4-14(5-9-20)11-18-16(17-2)19-12-15-6-10-21-13-15/h6,10,13-14H,3-5,7-9,11-12H2,1-2H3,(H2,17,18,19). The van der Waals surface area contributed by atoms with Gasteiger partial charge in [-0.3, -0.25) is 4.99 Å². The number of nitrogens with one attached hydrogen (secondary N) is 2. The van der Waals surface area contributed by atoms with Crippen LogP contribution in [0.1, 0.15) is 31.7 Å². The zero-order valence-corrected chi connectivity index (χ0v) is 14.1. The Bertz CT molecular complexity index is 408. The number of aliphatic imine (C=N–C) groups is 1. The van der Waals surface area contributed by atoms with E-state index in [2.05, 4.69) is 44.3 Å². The molecule has 0 spiro atoms. The van der Waals surface area contributed by atoms with Gasteiger partial charge in [0.15, 0.2) is 5.96 Å². The summed E-state index contributed by atoms with van der Waals surface area (Å²) in [6, 6.07) is 2.15. The van der Waals surface area contributed by atoms with Gasteiger partial charge in [-0.2, -0.15) is 11.3 Å². The van der Waals surface area contributed by atoms with Crippen molar-refractivity contribution in [3.63, 3.8) is 0 Å². The van der Waals surface area contributed by atoms with Crippen LogP contribution in [0, 0.1) is 5.92 Å². The maximum absolute atomic E-state index is 4.30. The molecule has 0 amide bonds. The summed E-state index contributed by atoms with van der Waals surface area (Å²) in [5, 5.41) is 11.1. The van der Waals surface area contributed by atoms with Crippen molar-refractivity contribution in [2.24, 2.45) is 10.9 Å². The molecule has 0 aliphatic carbocycles. The van der Waals surface area contributed by atoms with Crippen LogP contribution < -0.4 is 10.6 Å². The fourth-order valence-corrected chi connectivity index (χ4v) is 3.44. The Labute approximate surface area is 132 Å². The summed E-state index contributed by atoms with van der Waals surface area (Å²) in [7, 11) is 1.84. The molecule has 0 radical (unpaired) electrons. The first-order chi connectivity index (χ1) is 10.3. The molecule has 1 aliphatic heterocycles. The van der Waals surface area contributed by atoms with Gasteiger partial charge in [-0.15, -0.1) is 0 Å². The Morgan fingerprint density at radius 3 is 2.81 bits per heavy atom. The quantitative estimate of drug-likeness (QED) is 0.627. The number of rotatable bonds is 6. The first kappa shape index (κ1) is 16.3. The maximum Gasteiger partial charge on any atom is 0.191 e. The summed E-state index contributed by atoms with van der Waals surface area (Å²) in [6.07, 6.45) is 3.87. The van der Waals surface area contributed by atoms with Crippen molar-refractivity contribution < 1.29 is 0 Å².